The number of alkyl halides is 2. The predicted octanol–water partition coefficient (Wildman–Crippen LogP) is 4.05. The lowest BCUT2D eigenvalue weighted by Crippen LogP contribution is -2.15. The summed E-state index contributed by atoms with van der Waals surface area (Å²) in [5.74, 6) is -0.414. The van der Waals surface area contributed by atoms with Crippen molar-refractivity contribution in [2.75, 3.05) is 0 Å². The SMILES string of the molecule is O=C(O)c1ccc([C@H]2CCc3ccc(OC(F)F)cc3O2)cc1. The third-order valence-corrected chi connectivity index (χ3v) is 3.74. The molecule has 0 fully saturated rings. The Bertz CT molecular complexity index is 713. The standard InChI is InChI=1S/C17H14F2O4/c18-17(19)22-13-7-5-11-6-8-14(23-15(11)9-13)10-1-3-12(4-2-10)16(20)21/h1-5,7,9,14,17H,6,8H2,(H,20,21)/t14-/m1/s1. The number of aryl methyl sites for hydroxylation is 1. The summed E-state index contributed by atoms with van der Waals surface area (Å²) < 4.78 is 34.8. The minimum Gasteiger partial charge on any atom is -0.485 e. The van der Waals surface area contributed by atoms with E-state index >= 15 is 0 Å². The molecule has 0 saturated heterocycles. The van der Waals surface area contributed by atoms with Gasteiger partial charge in [-0.15, -0.1) is 0 Å². The monoisotopic (exact) mass is 320 g/mol. The van der Waals surface area contributed by atoms with Gasteiger partial charge in [-0.25, -0.2) is 4.79 Å². The molecule has 1 heterocycles. The summed E-state index contributed by atoms with van der Waals surface area (Å²) in [6.45, 7) is -2.88. The van der Waals surface area contributed by atoms with Gasteiger partial charge in [0.2, 0.25) is 0 Å². The van der Waals surface area contributed by atoms with Crippen LogP contribution in [0.1, 0.15) is 34.0 Å². The van der Waals surface area contributed by atoms with Gasteiger partial charge in [-0.3, -0.25) is 0 Å². The summed E-state index contributed by atoms with van der Waals surface area (Å²) in [4.78, 5) is 10.9. The van der Waals surface area contributed by atoms with E-state index < -0.39 is 12.6 Å². The molecule has 3 rings (SSSR count). The fourth-order valence-electron chi connectivity index (χ4n) is 2.60. The lowest BCUT2D eigenvalue weighted by molar-refractivity contribution is -0.0500. The molecule has 0 spiro atoms. The topological polar surface area (TPSA) is 55.8 Å². The maximum absolute atomic E-state index is 12.3. The highest BCUT2D eigenvalue weighted by molar-refractivity contribution is 5.87. The smallest absolute Gasteiger partial charge is 0.387 e. The number of ether oxygens (including phenoxy) is 2. The second-order valence-corrected chi connectivity index (χ2v) is 5.22. The highest BCUT2D eigenvalue weighted by Gasteiger charge is 2.22. The van der Waals surface area contributed by atoms with Gasteiger partial charge in [-0.1, -0.05) is 18.2 Å². The molecule has 1 N–H and O–H groups in total. The first kappa shape index (κ1) is 15.3. The number of halogens is 2. The molecule has 6 heteroatoms. The molecular formula is C17H14F2O4. The van der Waals surface area contributed by atoms with Crippen molar-refractivity contribution in [2.24, 2.45) is 0 Å². The van der Waals surface area contributed by atoms with Crippen LogP contribution in [0.15, 0.2) is 42.5 Å². The summed E-state index contributed by atoms with van der Waals surface area (Å²) in [6.07, 6.45) is 1.23. The van der Waals surface area contributed by atoms with E-state index in [4.69, 9.17) is 9.84 Å². The van der Waals surface area contributed by atoms with E-state index in [0.717, 1.165) is 24.0 Å². The van der Waals surface area contributed by atoms with Crippen molar-refractivity contribution in [3.8, 4) is 11.5 Å². The van der Waals surface area contributed by atoms with E-state index in [2.05, 4.69) is 4.74 Å². The molecular weight excluding hydrogens is 306 g/mol. The second kappa shape index (κ2) is 6.24. The Morgan fingerprint density at radius 1 is 1.22 bits per heavy atom. The number of carboxylic acid groups (broad SMARTS) is 1. The van der Waals surface area contributed by atoms with E-state index in [0.29, 0.717) is 5.75 Å². The molecule has 4 nitrogen and oxygen atoms in total. The van der Waals surface area contributed by atoms with Crippen LogP contribution >= 0.6 is 0 Å². The first-order valence-corrected chi connectivity index (χ1v) is 7.10. The largest absolute Gasteiger partial charge is 0.485 e. The van der Waals surface area contributed by atoms with E-state index in [1.165, 1.54) is 24.3 Å². The van der Waals surface area contributed by atoms with E-state index in [1.54, 1.807) is 18.2 Å². The van der Waals surface area contributed by atoms with Gasteiger partial charge in [0.25, 0.3) is 0 Å². The molecule has 1 aliphatic rings. The molecule has 0 radical (unpaired) electrons. The molecule has 1 atom stereocenters. The fraction of sp³-hybridized carbons (Fsp3) is 0.235. The maximum atomic E-state index is 12.3. The maximum Gasteiger partial charge on any atom is 0.387 e. The second-order valence-electron chi connectivity index (χ2n) is 5.22. The van der Waals surface area contributed by atoms with Crippen molar-refractivity contribution in [3.63, 3.8) is 0 Å². The van der Waals surface area contributed by atoms with Crippen molar-refractivity contribution in [1.82, 2.24) is 0 Å². The number of carboxylic acids is 1. The van der Waals surface area contributed by atoms with Crippen molar-refractivity contribution in [2.45, 2.75) is 25.6 Å². The zero-order valence-electron chi connectivity index (χ0n) is 12.0. The third-order valence-electron chi connectivity index (χ3n) is 3.74. The van der Waals surface area contributed by atoms with Gasteiger partial charge in [0, 0.05) is 6.07 Å². The number of carbonyl (C=O) groups is 1. The lowest BCUT2D eigenvalue weighted by atomic mass is 9.97. The Morgan fingerprint density at radius 2 is 1.96 bits per heavy atom. The molecule has 0 aliphatic carbocycles. The van der Waals surface area contributed by atoms with Crippen LogP contribution in [-0.4, -0.2) is 17.7 Å². The Morgan fingerprint density at radius 3 is 2.61 bits per heavy atom. The van der Waals surface area contributed by atoms with Gasteiger partial charge in [0.05, 0.1) is 5.56 Å². The van der Waals surface area contributed by atoms with Gasteiger partial charge >= 0.3 is 12.6 Å². The van der Waals surface area contributed by atoms with Gasteiger partial charge in [0.1, 0.15) is 17.6 Å². The Labute approximate surface area is 131 Å². The van der Waals surface area contributed by atoms with Crippen LogP contribution < -0.4 is 9.47 Å². The molecule has 0 amide bonds. The molecule has 23 heavy (non-hydrogen) atoms. The van der Waals surface area contributed by atoms with Crippen molar-refractivity contribution >= 4 is 5.97 Å². The highest BCUT2D eigenvalue weighted by atomic mass is 19.3. The summed E-state index contributed by atoms with van der Waals surface area (Å²) in [5.41, 5.74) is 1.99. The molecule has 1 aliphatic heterocycles. The zero-order valence-corrected chi connectivity index (χ0v) is 12.0. The highest BCUT2D eigenvalue weighted by Crippen LogP contribution is 2.37. The van der Waals surface area contributed by atoms with Gasteiger partial charge in [0.15, 0.2) is 0 Å². The molecule has 0 unspecified atom stereocenters. The Hall–Kier alpha value is -2.63. The minimum atomic E-state index is -2.88. The van der Waals surface area contributed by atoms with Crippen LogP contribution in [-0.2, 0) is 6.42 Å². The van der Waals surface area contributed by atoms with Gasteiger partial charge in [-0.2, -0.15) is 8.78 Å². The lowest BCUT2D eigenvalue weighted by Gasteiger charge is -2.27. The molecule has 2 aromatic carbocycles. The minimum absolute atomic E-state index is 0.0561. The fourth-order valence-corrected chi connectivity index (χ4v) is 2.60. The van der Waals surface area contributed by atoms with E-state index in [9.17, 15) is 13.6 Å². The number of aromatic carboxylic acids is 1. The number of benzene rings is 2. The van der Waals surface area contributed by atoms with Crippen molar-refractivity contribution in [1.29, 1.82) is 0 Å². The van der Waals surface area contributed by atoms with Crippen molar-refractivity contribution in [3.05, 3.63) is 59.2 Å². The third kappa shape index (κ3) is 3.41. The summed E-state index contributed by atoms with van der Waals surface area (Å²) >= 11 is 0. The van der Waals surface area contributed by atoms with Gasteiger partial charge in [-0.05, 0) is 42.2 Å². The average Bonchev–Trinajstić information content (AvgIpc) is 2.53. The van der Waals surface area contributed by atoms with Crippen LogP contribution in [0.5, 0.6) is 11.5 Å². The zero-order chi connectivity index (χ0) is 16.4. The molecule has 0 aromatic heterocycles. The molecule has 2 aromatic rings. The number of rotatable bonds is 4. The van der Waals surface area contributed by atoms with E-state index in [1.807, 2.05) is 0 Å². The average molecular weight is 320 g/mol. The van der Waals surface area contributed by atoms with Crippen molar-refractivity contribution < 1.29 is 28.2 Å². The van der Waals surface area contributed by atoms with Crippen LogP contribution in [0.3, 0.4) is 0 Å². The quantitative estimate of drug-likeness (QED) is 0.923. The summed E-state index contributed by atoms with van der Waals surface area (Å²) in [6, 6.07) is 11.1. The van der Waals surface area contributed by atoms with E-state index in [-0.39, 0.29) is 17.4 Å². The first-order valence-electron chi connectivity index (χ1n) is 7.10. The van der Waals surface area contributed by atoms with Crippen LogP contribution in [0.25, 0.3) is 0 Å². The molecule has 0 saturated carbocycles. The molecule has 0 bridgehead atoms. The van der Waals surface area contributed by atoms with Gasteiger partial charge < -0.3 is 14.6 Å². The normalized spacial score (nSPS) is 16.6. The Balaban J connectivity index is 1.79. The number of hydrogen-bond acceptors (Lipinski definition) is 3. The number of hydrogen-bond donors (Lipinski definition) is 1. The van der Waals surface area contributed by atoms with Crippen LogP contribution in [0.4, 0.5) is 8.78 Å². The molecule has 120 valence electrons. The summed E-state index contributed by atoms with van der Waals surface area (Å²) in [7, 11) is 0. The summed E-state index contributed by atoms with van der Waals surface area (Å²) in [5, 5.41) is 8.91. The Kier molecular flexibility index (Phi) is 4.14. The number of fused-ring (bicyclic) bond motifs is 1. The predicted molar refractivity (Wildman–Crippen MR) is 78.2 cm³/mol. The van der Waals surface area contributed by atoms with Crippen LogP contribution in [0.2, 0.25) is 0 Å². The first-order chi connectivity index (χ1) is 11.0. The van der Waals surface area contributed by atoms with Crippen LogP contribution in [0, 0.1) is 0 Å².